The lowest BCUT2D eigenvalue weighted by Crippen LogP contribution is -2.34. The summed E-state index contributed by atoms with van der Waals surface area (Å²) in [5.74, 6) is -0.399. The minimum atomic E-state index is -0.906. The van der Waals surface area contributed by atoms with E-state index < -0.39 is 11.4 Å². The zero-order chi connectivity index (χ0) is 12.9. The Balaban J connectivity index is 2.54. The Morgan fingerprint density at radius 3 is 2.76 bits per heavy atom. The Morgan fingerprint density at radius 1 is 1.47 bits per heavy atom. The van der Waals surface area contributed by atoms with E-state index in [-0.39, 0.29) is 0 Å². The Kier molecular flexibility index (Phi) is 4.72. The molecule has 0 radical (unpaired) electrons. The van der Waals surface area contributed by atoms with Crippen molar-refractivity contribution >= 4 is 11.4 Å². The van der Waals surface area contributed by atoms with Gasteiger partial charge in [0.15, 0.2) is 0 Å². The molecule has 1 aromatic rings. The monoisotopic (exact) mass is 242 g/mol. The predicted octanol–water partition coefficient (Wildman–Crippen LogP) is 1.61. The highest BCUT2D eigenvalue weighted by atomic mass is 19.1. The molecule has 0 aliphatic carbocycles. The van der Waals surface area contributed by atoms with Gasteiger partial charge in [-0.05, 0) is 25.1 Å². The number of hydrogen-bond acceptors (Lipinski definition) is 4. The molecule has 0 fully saturated rings. The SMILES string of the molecule is COCCC(C)(O)CNc1cc(N)cc(F)c1. The molecule has 4 nitrogen and oxygen atoms in total. The van der Waals surface area contributed by atoms with E-state index in [1.54, 1.807) is 20.1 Å². The number of nitrogens with two attached hydrogens (primary N) is 1. The molecule has 96 valence electrons. The minimum Gasteiger partial charge on any atom is -0.399 e. The predicted molar refractivity (Wildman–Crippen MR) is 66.4 cm³/mol. The summed E-state index contributed by atoms with van der Waals surface area (Å²) in [6.45, 7) is 2.47. The zero-order valence-corrected chi connectivity index (χ0v) is 10.2. The second-order valence-electron chi connectivity index (χ2n) is 4.37. The summed E-state index contributed by atoms with van der Waals surface area (Å²) in [5.41, 5.74) is 5.52. The molecule has 0 saturated carbocycles. The molecule has 0 aliphatic rings. The number of hydrogen-bond donors (Lipinski definition) is 3. The minimum absolute atomic E-state index is 0.305. The summed E-state index contributed by atoms with van der Waals surface area (Å²) in [6.07, 6.45) is 0.501. The topological polar surface area (TPSA) is 67.5 Å². The summed E-state index contributed by atoms with van der Waals surface area (Å²) < 4.78 is 17.9. The summed E-state index contributed by atoms with van der Waals surface area (Å²) in [5, 5.41) is 12.9. The highest BCUT2D eigenvalue weighted by Gasteiger charge is 2.19. The molecule has 0 saturated heterocycles. The number of ether oxygens (including phenoxy) is 1. The van der Waals surface area contributed by atoms with Crippen LogP contribution in [0.15, 0.2) is 18.2 Å². The fraction of sp³-hybridized carbons (Fsp3) is 0.500. The molecular weight excluding hydrogens is 223 g/mol. The first-order valence-corrected chi connectivity index (χ1v) is 5.44. The van der Waals surface area contributed by atoms with E-state index >= 15 is 0 Å². The summed E-state index contributed by atoms with van der Waals surface area (Å²) in [6, 6.07) is 4.20. The standard InChI is InChI=1S/C12H19FN2O2/c1-12(16,3-4-17-2)8-15-11-6-9(13)5-10(14)7-11/h5-7,15-16H,3-4,8,14H2,1-2H3. The molecule has 0 bridgehead atoms. The number of rotatable bonds is 6. The number of aliphatic hydroxyl groups is 1. The molecule has 4 N–H and O–H groups in total. The lowest BCUT2D eigenvalue weighted by molar-refractivity contribution is 0.0357. The molecule has 1 unspecified atom stereocenters. The van der Waals surface area contributed by atoms with Gasteiger partial charge in [-0.25, -0.2) is 4.39 Å². The smallest absolute Gasteiger partial charge is 0.127 e. The van der Waals surface area contributed by atoms with Crippen LogP contribution in [-0.2, 0) is 4.74 Å². The summed E-state index contributed by atoms with van der Waals surface area (Å²) in [7, 11) is 1.58. The van der Waals surface area contributed by atoms with E-state index in [0.29, 0.717) is 30.9 Å². The van der Waals surface area contributed by atoms with Crippen molar-refractivity contribution < 1.29 is 14.2 Å². The maximum atomic E-state index is 13.0. The third-order valence-electron chi connectivity index (χ3n) is 2.44. The number of anilines is 2. The van der Waals surface area contributed by atoms with E-state index in [1.165, 1.54) is 12.1 Å². The second kappa shape index (κ2) is 5.84. The fourth-order valence-corrected chi connectivity index (χ4v) is 1.42. The van der Waals surface area contributed by atoms with Gasteiger partial charge < -0.3 is 20.9 Å². The Labute approximate surface area is 101 Å². The van der Waals surface area contributed by atoms with Crippen molar-refractivity contribution in [2.24, 2.45) is 0 Å². The average Bonchev–Trinajstić information content (AvgIpc) is 2.23. The average molecular weight is 242 g/mol. The van der Waals surface area contributed by atoms with Gasteiger partial charge in [0.05, 0.1) is 5.60 Å². The molecule has 0 spiro atoms. The molecule has 0 heterocycles. The molecule has 17 heavy (non-hydrogen) atoms. The van der Waals surface area contributed by atoms with Crippen LogP contribution >= 0.6 is 0 Å². The summed E-state index contributed by atoms with van der Waals surface area (Å²) in [4.78, 5) is 0. The molecule has 1 atom stereocenters. The molecule has 1 aromatic carbocycles. The van der Waals surface area contributed by atoms with Gasteiger partial charge in [-0.15, -0.1) is 0 Å². The van der Waals surface area contributed by atoms with E-state index in [2.05, 4.69) is 5.32 Å². The highest BCUT2D eigenvalue weighted by Crippen LogP contribution is 2.17. The van der Waals surface area contributed by atoms with Crippen molar-refractivity contribution in [1.82, 2.24) is 0 Å². The zero-order valence-electron chi connectivity index (χ0n) is 10.2. The van der Waals surface area contributed by atoms with E-state index in [4.69, 9.17) is 10.5 Å². The van der Waals surface area contributed by atoms with Crippen molar-refractivity contribution in [3.8, 4) is 0 Å². The van der Waals surface area contributed by atoms with Crippen LogP contribution in [0.4, 0.5) is 15.8 Å². The van der Waals surface area contributed by atoms with Crippen LogP contribution in [0.3, 0.4) is 0 Å². The number of benzene rings is 1. The van der Waals surface area contributed by atoms with Crippen LogP contribution in [-0.4, -0.2) is 31.0 Å². The van der Waals surface area contributed by atoms with Crippen molar-refractivity contribution in [2.75, 3.05) is 31.3 Å². The maximum absolute atomic E-state index is 13.0. The maximum Gasteiger partial charge on any atom is 0.127 e. The normalized spacial score (nSPS) is 14.4. The number of nitrogens with one attached hydrogen (secondary N) is 1. The van der Waals surface area contributed by atoms with Gasteiger partial charge in [-0.2, -0.15) is 0 Å². The molecule has 0 amide bonds. The Hall–Kier alpha value is -1.33. The summed E-state index contributed by atoms with van der Waals surface area (Å²) >= 11 is 0. The van der Waals surface area contributed by atoms with Gasteiger partial charge in [0, 0.05) is 38.1 Å². The van der Waals surface area contributed by atoms with Gasteiger partial charge in [0.25, 0.3) is 0 Å². The second-order valence-corrected chi connectivity index (χ2v) is 4.37. The first kappa shape index (κ1) is 13.7. The quantitative estimate of drug-likeness (QED) is 0.663. The van der Waals surface area contributed by atoms with Crippen LogP contribution < -0.4 is 11.1 Å². The van der Waals surface area contributed by atoms with E-state index in [0.717, 1.165) is 0 Å². The first-order chi connectivity index (χ1) is 7.93. The lowest BCUT2D eigenvalue weighted by Gasteiger charge is -2.24. The largest absolute Gasteiger partial charge is 0.399 e. The van der Waals surface area contributed by atoms with E-state index in [1.807, 2.05) is 0 Å². The number of methoxy groups -OCH3 is 1. The number of nitrogen functional groups attached to an aromatic ring is 1. The molecule has 0 aliphatic heterocycles. The molecular formula is C12H19FN2O2. The van der Waals surface area contributed by atoms with Crippen molar-refractivity contribution in [3.63, 3.8) is 0 Å². The number of halogens is 1. The third-order valence-corrected chi connectivity index (χ3v) is 2.44. The van der Waals surface area contributed by atoms with Crippen LogP contribution in [0, 0.1) is 5.82 Å². The van der Waals surface area contributed by atoms with Gasteiger partial charge in [-0.3, -0.25) is 0 Å². The van der Waals surface area contributed by atoms with Crippen molar-refractivity contribution in [3.05, 3.63) is 24.0 Å². The third kappa shape index (κ3) is 5.01. The van der Waals surface area contributed by atoms with Crippen LogP contribution in [0.2, 0.25) is 0 Å². The lowest BCUT2D eigenvalue weighted by atomic mass is 10.0. The van der Waals surface area contributed by atoms with Gasteiger partial charge in [0.2, 0.25) is 0 Å². The van der Waals surface area contributed by atoms with Crippen molar-refractivity contribution in [2.45, 2.75) is 18.9 Å². The molecule has 1 rings (SSSR count). The Bertz CT molecular complexity index is 349. The van der Waals surface area contributed by atoms with Crippen LogP contribution in [0.1, 0.15) is 13.3 Å². The van der Waals surface area contributed by atoms with Crippen LogP contribution in [0.25, 0.3) is 0 Å². The van der Waals surface area contributed by atoms with Gasteiger partial charge in [0.1, 0.15) is 5.82 Å². The first-order valence-electron chi connectivity index (χ1n) is 5.44. The van der Waals surface area contributed by atoms with Gasteiger partial charge in [-0.1, -0.05) is 0 Å². The van der Waals surface area contributed by atoms with Crippen LogP contribution in [0.5, 0.6) is 0 Å². The van der Waals surface area contributed by atoms with E-state index in [9.17, 15) is 9.50 Å². The van der Waals surface area contributed by atoms with Gasteiger partial charge >= 0.3 is 0 Å². The fourth-order valence-electron chi connectivity index (χ4n) is 1.42. The van der Waals surface area contributed by atoms with Crippen molar-refractivity contribution in [1.29, 1.82) is 0 Å². The molecule has 5 heteroatoms. The highest BCUT2D eigenvalue weighted by molar-refractivity contribution is 5.54. The molecule has 0 aromatic heterocycles. The Morgan fingerprint density at radius 2 is 2.18 bits per heavy atom.